The van der Waals surface area contributed by atoms with Crippen molar-refractivity contribution < 1.29 is 0 Å². The van der Waals surface area contributed by atoms with E-state index in [1.165, 1.54) is 56.7 Å². The predicted octanol–water partition coefficient (Wildman–Crippen LogP) is 2.07. The van der Waals surface area contributed by atoms with E-state index in [4.69, 9.17) is 0 Å². The maximum atomic E-state index is 4.53. The van der Waals surface area contributed by atoms with Crippen LogP contribution in [-0.2, 0) is 13.0 Å². The van der Waals surface area contributed by atoms with Gasteiger partial charge in [0.05, 0.1) is 6.04 Å². The highest BCUT2D eigenvalue weighted by Crippen LogP contribution is 2.44. The summed E-state index contributed by atoms with van der Waals surface area (Å²) in [5.41, 5.74) is 0. The van der Waals surface area contributed by atoms with E-state index >= 15 is 0 Å². The SMILES string of the molecule is C1CCc2nnc(C3NCC4CCCC43)n2CC1. The summed E-state index contributed by atoms with van der Waals surface area (Å²) >= 11 is 0. The van der Waals surface area contributed by atoms with Gasteiger partial charge in [0.15, 0.2) is 0 Å². The Morgan fingerprint density at radius 2 is 2.06 bits per heavy atom. The monoisotopic (exact) mass is 246 g/mol. The Balaban J connectivity index is 1.66. The largest absolute Gasteiger partial charge is 0.314 e. The zero-order valence-corrected chi connectivity index (χ0v) is 10.9. The summed E-state index contributed by atoms with van der Waals surface area (Å²) in [6.45, 7) is 2.32. The van der Waals surface area contributed by atoms with Gasteiger partial charge < -0.3 is 9.88 Å². The van der Waals surface area contributed by atoms with Gasteiger partial charge in [0, 0.05) is 13.0 Å². The molecular weight excluding hydrogens is 224 g/mol. The number of aromatic nitrogens is 3. The first-order chi connectivity index (χ1) is 8.93. The Morgan fingerprint density at radius 1 is 1.06 bits per heavy atom. The minimum Gasteiger partial charge on any atom is -0.314 e. The highest BCUT2D eigenvalue weighted by Gasteiger charge is 2.42. The molecule has 1 aromatic rings. The van der Waals surface area contributed by atoms with Crippen LogP contribution in [0.5, 0.6) is 0 Å². The minimum absolute atomic E-state index is 0.483. The van der Waals surface area contributed by atoms with E-state index in [1.807, 2.05) is 0 Å². The van der Waals surface area contributed by atoms with Crippen molar-refractivity contribution in [2.45, 2.75) is 57.5 Å². The number of fused-ring (bicyclic) bond motifs is 2. The summed E-state index contributed by atoms with van der Waals surface area (Å²) in [4.78, 5) is 0. The normalized spacial score (nSPS) is 35.2. The molecule has 2 fully saturated rings. The van der Waals surface area contributed by atoms with Gasteiger partial charge in [-0.3, -0.25) is 0 Å². The van der Waals surface area contributed by atoms with Gasteiger partial charge in [0.2, 0.25) is 0 Å². The number of nitrogens with zero attached hydrogens (tertiary/aromatic N) is 3. The van der Waals surface area contributed by atoms with Gasteiger partial charge in [-0.25, -0.2) is 0 Å². The van der Waals surface area contributed by atoms with E-state index in [0.29, 0.717) is 6.04 Å². The average molecular weight is 246 g/mol. The van der Waals surface area contributed by atoms with Crippen molar-refractivity contribution in [2.75, 3.05) is 6.54 Å². The third-order valence-electron chi connectivity index (χ3n) is 5.16. The number of nitrogens with one attached hydrogen (secondary N) is 1. The molecule has 2 aliphatic heterocycles. The van der Waals surface area contributed by atoms with Crippen LogP contribution < -0.4 is 5.32 Å². The fourth-order valence-electron chi connectivity index (χ4n) is 4.21. The predicted molar refractivity (Wildman–Crippen MR) is 69.2 cm³/mol. The molecule has 4 heteroatoms. The van der Waals surface area contributed by atoms with Gasteiger partial charge in [-0.1, -0.05) is 12.8 Å². The Labute approximate surface area is 108 Å². The molecule has 1 saturated carbocycles. The van der Waals surface area contributed by atoms with Gasteiger partial charge in [0.1, 0.15) is 11.6 Å². The Morgan fingerprint density at radius 3 is 3.06 bits per heavy atom. The molecule has 98 valence electrons. The molecule has 4 nitrogen and oxygen atoms in total. The van der Waals surface area contributed by atoms with Crippen molar-refractivity contribution in [3.05, 3.63) is 11.6 Å². The van der Waals surface area contributed by atoms with E-state index < -0.39 is 0 Å². The van der Waals surface area contributed by atoms with Crippen LogP contribution in [-0.4, -0.2) is 21.3 Å². The van der Waals surface area contributed by atoms with Crippen LogP contribution in [0.25, 0.3) is 0 Å². The summed E-state index contributed by atoms with van der Waals surface area (Å²) in [5.74, 6) is 4.18. The summed E-state index contributed by atoms with van der Waals surface area (Å²) in [6, 6.07) is 0.483. The Kier molecular flexibility index (Phi) is 2.64. The number of rotatable bonds is 1. The topological polar surface area (TPSA) is 42.7 Å². The van der Waals surface area contributed by atoms with Crippen LogP contribution in [0.2, 0.25) is 0 Å². The highest BCUT2D eigenvalue weighted by molar-refractivity contribution is 5.09. The fraction of sp³-hybridized carbons (Fsp3) is 0.857. The van der Waals surface area contributed by atoms with Gasteiger partial charge in [0.25, 0.3) is 0 Å². The number of hydrogen-bond acceptors (Lipinski definition) is 3. The third-order valence-corrected chi connectivity index (χ3v) is 5.16. The van der Waals surface area contributed by atoms with Crippen LogP contribution in [0, 0.1) is 11.8 Å². The molecule has 1 N–H and O–H groups in total. The molecular formula is C14H22N4. The molecule has 3 aliphatic rings. The van der Waals surface area contributed by atoms with E-state index in [2.05, 4.69) is 20.1 Å². The number of hydrogen-bond donors (Lipinski definition) is 1. The van der Waals surface area contributed by atoms with E-state index in [9.17, 15) is 0 Å². The maximum absolute atomic E-state index is 4.53. The van der Waals surface area contributed by atoms with Crippen molar-refractivity contribution in [2.24, 2.45) is 11.8 Å². The van der Waals surface area contributed by atoms with Crippen molar-refractivity contribution in [3.8, 4) is 0 Å². The molecule has 1 aromatic heterocycles. The molecule has 0 bridgehead atoms. The van der Waals surface area contributed by atoms with Crippen molar-refractivity contribution in [1.29, 1.82) is 0 Å². The highest BCUT2D eigenvalue weighted by atomic mass is 15.3. The third kappa shape index (κ3) is 1.62. The first-order valence-electron chi connectivity index (χ1n) is 7.59. The fourth-order valence-corrected chi connectivity index (χ4v) is 4.21. The van der Waals surface area contributed by atoms with Gasteiger partial charge in [-0.15, -0.1) is 10.2 Å². The zero-order chi connectivity index (χ0) is 11.9. The van der Waals surface area contributed by atoms with E-state index in [0.717, 1.165) is 24.8 Å². The summed E-state index contributed by atoms with van der Waals surface area (Å²) in [7, 11) is 0. The summed E-state index contributed by atoms with van der Waals surface area (Å²) < 4.78 is 2.42. The molecule has 4 rings (SSSR count). The molecule has 0 amide bonds. The second-order valence-electron chi connectivity index (χ2n) is 6.18. The molecule has 3 heterocycles. The standard InChI is InChI=1S/C14H22N4/c1-2-7-12-16-17-14(18(12)8-3-1)13-11-6-4-5-10(11)9-15-13/h10-11,13,15H,1-9H2. The smallest absolute Gasteiger partial charge is 0.150 e. The summed E-state index contributed by atoms with van der Waals surface area (Å²) in [5, 5.41) is 12.7. The lowest BCUT2D eigenvalue weighted by Gasteiger charge is -2.18. The van der Waals surface area contributed by atoms with Crippen LogP contribution >= 0.6 is 0 Å². The van der Waals surface area contributed by atoms with Gasteiger partial charge in [-0.2, -0.15) is 0 Å². The maximum Gasteiger partial charge on any atom is 0.150 e. The summed E-state index contributed by atoms with van der Waals surface area (Å²) in [6.07, 6.45) is 9.23. The Hall–Kier alpha value is -0.900. The van der Waals surface area contributed by atoms with Crippen molar-refractivity contribution in [3.63, 3.8) is 0 Å². The van der Waals surface area contributed by atoms with Crippen molar-refractivity contribution >= 4 is 0 Å². The molecule has 3 unspecified atom stereocenters. The van der Waals surface area contributed by atoms with Crippen LogP contribution in [0.1, 0.15) is 56.2 Å². The Bertz CT molecular complexity index is 439. The van der Waals surface area contributed by atoms with E-state index in [1.54, 1.807) is 0 Å². The first kappa shape index (κ1) is 11.0. The molecule has 0 radical (unpaired) electrons. The lowest BCUT2D eigenvalue weighted by molar-refractivity contribution is 0.393. The van der Waals surface area contributed by atoms with Crippen molar-refractivity contribution in [1.82, 2.24) is 20.1 Å². The van der Waals surface area contributed by atoms with Gasteiger partial charge in [-0.05, 0) is 44.1 Å². The van der Waals surface area contributed by atoms with Gasteiger partial charge >= 0.3 is 0 Å². The quantitative estimate of drug-likeness (QED) is 0.825. The van der Waals surface area contributed by atoms with E-state index in [-0.39, 0.29) is 0 Å². The first-order valence-corrected chi connectivity index (χ1v) is 7.59. The molecule has 0 aromatic carbocycles. The van der Waals surface area contributed by atoms with Crippen LogP contribution in [0.4, 0.5) is 0 Å². The molecule has 18 heavy (non-hydrogen) atoms. The second kappa shape index (κ2) is 4.34. The zero-order valence-electron chi connectivity index (χ0n) is 10.9. The average Bonchev–Trinajstić information content (AvgIpc) is 3.02. The molecule has 1 saturated heterocycles. The van der Waals surface area contributed by atoms with Crippen LogP contribution in [0.3, 0.4) is 0 Å². The molecule has 0 spiro atoms. The lowest BCUT2D eigenvalue weighted by atomic mass is 9.93. The minimum atomic E-state index is 0.483. The molecule has 1 aliphatic carbocycles. The second-order valence-corrected chi connectivity index (χ2v) is 6.18. The molecule has 3 atom stereocenters. The van der Waals surface area contributed by atoms with Crippen LogP contribution in [0.15, 0.2) is 0 Å². The number of aryl methyl sites for hydroxylation is 1. The lowest BCUT2D eigenvalue weighted by Crippen LogP contribution is -2.22.